The normalized spacial score (nSPS) is 12.7. The highest BCUT2D eigenvalue weighted by Gasteiger charge is 2.23. The van der Waals surface area contributed by atoms with Crippen LogP contribution in [0.4, 0.5) is 0 Å². The van der Waals surface area contributed by atoms with E-state index in [2.05, 4.69) is 59.5 Å². The van der Waals surface area contributed by atoms with E-state index in [1.165, 1.54) is 16.0 Å². The molecule has 27 heavy (non-hydrogen) atoms. The maximum atomic E-state index is 5.26. The third-order valence-corrected chi connectivity index (χ3v) is 4.37. The van der Waals surface area contributed by atoms with Gasteiger partial charge in [0.05, 0.1) is 12.6 Å². The van der Waals surface area contributed by atoms with Gasteiger partial charge in [-0.05, 0) is 61.5 Å². The lowest BCUT2D eigenvalue weighted by Crippen LogP contribution is -3.08. The van der Waals surface area contributed by atoms with E-state index in [1.54, 1.807) is 13.3 Å². The maximum Gasteiger partial charge on any atom is 0.206 e. The molecule has 0 bridgehead atoms. The standard InChI is InChI=1S/C20H26N6O/c1-20(2,3)26-19(22-23-24-26)15-25(14-17-6-5-11-21-12-17)13-16-7-9-18(27-4)10-8-16/h5-12H,13-15H2,1-4H3/p+1. The smallest absolute Gasteiger partial charge is 0.206 e. The summed E-state index contributed by atoms with van der Waals surface area (Å²) in [4.78, 5) is 5.59. The molecule has 2 aromatic heterocycles. The lowest BCUT2D eigenvalue weighted by atomic mass is 10.1. The molecule has 1 atom stereocenters. The van der Waals surface area contributed by atoms with Gasteiger partial charge >= 0.3 is 0 Å². The summed E-state index contributed by atoms with van der Waals surface area (Å²) in [5.41, 5.74) is 2.28. The van der Waals surface area contributed by atoms with Crippen molar-refractivity contribution >= 4 is 0 Å². The van der Waals surface area contributed by atoms with E-state index in [1.807, 2.05) is 29.1 Å². The van der Waals surface area contributed by atoms with Gasteiger partial charge in [-0.2, -0.15) is 0 Å². The van der Waals surface area contributed by atoms with Gasteiger partial charge in [0, 0.05) is 23.5 Å². The average molecular weight is 367 g/mol. The fourth-order valence-electron chi connectivity index (χ4n) is 3.07. The van der Waals surface area contributed by atoms with Gasteiger partial charge in [-0.1, -0.05) is 6.07 Å². The summed E-state index contributed by atoms with van der Waals surface area (Å²) in [5.74, 6) is 1.75. The van der Waals surface area contributed by atoms with Crippen LogP contribution in [0.25, 0.3) is 0 Å². The van der Waals surface area contributed by atoms with Gasteiger partial charge in [0.25, 0.3) is 0 Å². The molecule has 0 amide bonds. The molecule has 0 aliphatic carbocycles. The van der Waals surface area contributed by atoms with Gasteiger partial charge < -0.3 is 9.64 Å². The van der Waals surface area contributed by atoms with Gasteiger partial charge in [0.2, 0.25) is 5.82 Å². The Morgan fingerprint density at radius 1 is 1.00 bits per heavy atom. The van der Waals surface area contributed by atoms with E-state index >= 15 is 0 Å². The molecular weight excluding hydrogens is 340 g/mol. The van der Waals surface area contributed by atoms with Crippen molar-refractivity contribution in [2.75, 3.05) is 7.11 Å². The summed E-state index contributed by atoms with van der Waals surface area (Å²) in [6.07, 6.45) is 3.72. The van der Waals surface area contributed by atoms with Crippen LogP contribution in [0.15, 0.2) is 48.8 Å². The molecule has 1 unspecified atom stereocenters. The minimum absolute atomic E-state index is 0.154. The molecule has 7 heteroatoms. The minimum Gasteiger partial charge on any atom is -0.497 e. The summed E-state index contributed by atoms with van der Waals surface area (Å²) < 4.78 is 7.17. The first-order chi connectivity index (χ1) is 13.0. The van der Waals surface area contributed by atoms with E-state index in [-0.39, 0.29) is 5.54 Å². The van der Waals surface area contributed by atoms with Crippen molar-refractivity contribution in [1.82, 2.24) is 25.2 Å². The number of quaternary nitrogens is 1. The second-order valence-electron chi connectivity index (χ2n) is 7.67. The molecule has 0 aliphatic rings. The first-order valence-electron chi connectivity index (χ1n) is 9.09. The third-order valence-electron chi connectivity index (χ3n) is 4.37. The molecule has 0 fully saturated rings. The van der Waals surface area contributed by atoms with Crippen LogP contribution >= 0.6 is 0 Å². The zero-order valence-electron chi connectivity index (χ0n) is 16.4. The molecular formula is C20H27N6O+. The first-order valence-corrected chi connectivity index (χ1v) is 9.09. The number of benzene rings is 1. The highest BCUT2D eigenvalue weighted by molar-refractivity contribution is 5.26. The zero-order chi connectivity index (χ0) is 19.3. The van der Waals surface area contributed by atoms with E-state index in [0.717, 1.165) is 31.2 Å². The third kappa shape index (κ3) is 5.10. The summed E-state index contributed by atoms with van der Waals surface area (Å²) in [6.45, 7) is 8.75. The minimum atomic E-state index is -0.154. The largest absolute Gasteiger partial charge is 0.497 e. The van der Waals surface area contributed by atoms with Crippen LogP contribution < -0.4 is 9.64 Å². The van der Waals surface area contributed by atoms with Gasteiger partial charge in [0.1, 0.15) is 25.4 Å². The van der Waals surface area contributed by atoms with Crippen LogP contribution in [0.3, 0.4) is 0 Å². The molecule has 0 saturated carbocycles. The van der Waals surface area contributed by atoms with E-state index in [0.29, 0.717) is 0 Å². The van der Waals surface area contributed by atoms with Crippen LogP contribution in [0.2, 0.25) is 0 Å². The van der Waals surface area contributed by atoms with E-state index in [4.69, 9.17) is 4.74 Å². The predicted molar refractivity (Wildman–Crippen MR) is 102 cm³/mol. The number of nitrogens with zero attached hydrogens (tertiary/aromatic N) is 5. The molecule has 2 heterocycles. The summed E-state index contributed by atoms with van der Waals surface area (Å²) >= 11 is 0. The molecule has 1 N–H and O–H groups in total. The Hall–Kier alpha value is -2.80. The highest BCUT2D eigenvalue weighted by atomic mass is 16.5. The Morgan fingerprint density at radius 2 is 1.74 bits per heavy atom. The Bertz CT molecular complexity index is 839. The van der Waals surface area contributed by atoms with Crippen molar-refractivity contribution in [2.45, 2.75) is 45.9 Å². The number of ether oxygens (including phenoxy) is 1. The lowest BCUT2D eigenvalue weighted by molar-refractivity contribution is -0.941. The predicted octanol–water partition coefficient (Wildman–Crippen LogP) is 1.62. The Kier molecular flexibility index (Phi) is 5.81. The van der Waals surface area contributed by atoms with Crippen molar-refractivity contribution in [2.24, 2.45) is 0 Å². The molecule has 1 aromatic carbocycles. The van der Waals surface area contributed by atoms with Crippen molar-refractivity contribution in [3.05, 3.63) is 65.7 Å². The van der Waals surface area contributed by atoms with Gasteiger partial charge in [-0.25, -0.2) is 4.68 Å². The summed E-state index contributed by atoms with van der Waals surface area (Å²) in [5, 5.41) is 12.4. The highest BCUT2D eigenvalue weighted by Crippen LogP contribution is 2.13. The number of hydrogen-bond donors (Lipinski definition) is 1. The Morgan fingerprint density at radius 3 is 2.37 bits per heavy atom. The SMILES string of the molecule is COc1ccc(C[NH+](Cc2cccnc2)Cc2nnnn2C(C)(C)C)cc1. The number of tetrazole rings is 1. The molecule has 0 aliphatic heterocycles. The second-order valence-corrected chi connectivity index (χ2v) is 7.67. The number of nitrogens with one attached hydrogen (secondary N) is 1. The van der Waals surface area contributed by atoms with Gasteiger partial charge in [-0.3, -0.25) is 4.98 Å². The fourth-order valence-corrected chi connectivity index (χ4v) is 3.07. The molecule has 3 aromatic rings. The molecule has 142 valence electrons. The van der Waals surface area contributed by atoms with Crippen molar-refractivity contribution in [1.29, 1.82) is 0 Å². The Balaban J connectivity index is 1.82. The number of hydrogen-bond acceptors (Lipinski definition) is 5. The monoisotopic (exact) mass is 367 g/mol. The van der Waals surface area contributed by atoms with Crippen LogP contribution in [0.1, 0.15) is 37.7 Å². The summed E-state index contributed by atoms with van der Waals surface area (Å²) in [6, 6.07) is 12.3. The van der Waals surface area contributed by atoms with E-state index < -0.39 is 0 Å². The topological polar surface area (TPSA) is 70.2 Å². The van der Waals surface area contributed by atoms with Gasteiger partial charge in [-0.15, -0.1) is 5.10 Å². The van der Waals surface area contributed by atoms with Crippen molar-refractivity contribution in [3.8, 4) is 5.75 Å². The molecule has 0 radical (unpaired) electrons. The molecule has 7 nitrogen and oxygen atoms in total. The molecule has 0 spiro atoms. The first kappa shape index (κ1) is 19.0. The quantitative estimate of drug-likeness (QED) is 0.687. The lowest BCUT2D eigenvalue weighted by Gasteiger charge is -2.23. The van der Waals surface area contributed by atoms with Crippen LogP contribution in [0, 0.1) is 0 Å². The van der Waals surface area contributed by atoms with E-state index in [9.17, 15) is 0 Å². The number of rotatable bonds is 7. The number of pyridine rings is 1. The van der Waals surface area contributed by atoms with Crippen LogP contribution in [-0.4, -0.2) is 32.3 Å². The molecule has 3 rings (SSSR count). The van der Waals surface area contributed by atoms with Crippen molar-refractivity contribution in [3.63, 3.8) is 0 Å². The van der Waals surface area contributed by atoms with Crippen LogP contribution in [-0.2, 0) is 25.2 Å². The maximum absolute atomic E-state index is 5.26. The number of methoxy groups -OCH3 is 1. The Labute approximate surface area is 160 Å². The van der Waals surface area contributed by atoms with Crippen LogP contribution in [0.5, 0.6) is 5.75 Å². The molecule has 0 saturated heterocycles. The average Bonchev–Trinajstić information content (AvgIpc) is 3.12. The fraction of sp³-hybridized carbons (Fsp3) is 0.400. The number of aromatic nitrogens is 5. The second kappa shape index (κ2) is 8.26. The van der Waals surface area contributed by atoms with Gasteiger partial charge in [0.15, 0.2) is 0 Å². The van der Waals surface area contributed by atoms with Crippen molar-refractivity contribution < 1.29 is 9.64 Å². The summed E-state index contributed by atoms with van der Waals surface area (Å²) in [7, 11) is 1.68. The zero-order valence-corrected chi connectivity index (χ0v) is 16.4.